The molecule has 0 aliphatic heterocycles. The van der Waals surface area contributed by atoms with Crippen LogP contribution in [-0.2, 0) is 0 Å². The largest absolute Gasteiger partial charge is 0.495 e. The third-order valence-corrected chi connectivity index (χ3v) is 3.39. The molecule has 0 saturated heterocycles. The van der Waals surface area contributed by atoms with Gasteiger partial charge in [-0.15, -0.1) is 0 Å². The van der Waals surface area contributed by atoms with Crippen LogP contribution in [0.4, 0.5) is 0 Å². The Morgan fingerprint density at radius 3 is 2.35 bits per heavy atom. The Bertz CT molecular complexity index is 420. The zero-order chi connectivity index (χ0) is 13.3. The molecule has 2 N–H and O–H groups in total. The molecule has 0 atom stereocenters. The van der Waals surface area contributed by atoms with E-state index in [2.05, 4.69) is 4.98 Å². The van der Waals surface area contributed by atoms with Crippen LogP contribution in [0.3, 0.4) is 0 Å². The summed E-state index contributed by atoms with van der Waals surface area (Å²) in [5, 5.41) is 0. The first kappa shape index (κ1) is 13.6. The smallest absolute Gasteiger partial charge is 0.171 e. The maximum atomic E-state index is 12.4. The number of hydrogen-bond donors (Lipinski definition) is 1. The van der Waals surface area contributed by atoms with Crippen LogP contribution in [0.1, 0.15) is 38.1 Å². The maximum Gasteiger partial charge on any atom is 0.171 e. The average molecular weight is 236 g/mol. The van der Waals surface area contributed by atoms with E-state index in [4.69, 9.17) is 10.5 Å². The van der Waals surface area contributed by atoms with E-state index in [9.17, 15) is 4.79 Å². The molecule has 0 radical (unpaired) electrons. The van der Waals surface area contributed by atoms with E-state index in [1.54, 1.807) is 25.6 Å². The van der Waals surface area contributed by atoms with Crippen molar-refractivity contribution in [3.63, 3.8) is 0 Å². The fourth-order valence-corrected chi connectivity index (χ4v) is 1.31. The molecule has 0 unspecified atom stereocenters. The van der Waals surface area contributed by atoms with Crippen LogP contribution in [0.2, 0.25) is 0 Å². The topological polar surface area (TPSA) is 65.2 Å². The van der Waals surface area contributed by atoms with Gasteiger partial charge < -0.3 is 10.5 Å². The van der Waals surface area contributed by atoms with E-state index in [-0.39, 0.29) is 5.78 Å². The molecule has 0 saturated carbocycles. The van der Waals surface area contributed by atoms with Crippen LogP contribution in [0, 0.1) is 5.41 Å². The summed E-state index contributed by atoms with van der Waals surface area (Å²) in [4.78, 5) is 16.4. The minimum absolute atomic E-state index is 0.0311. The van der Waals surface area contributed by atoms with Gasteiger partial charge in [0.25, 0.3) is 0 Å². The Labute approximate surface area is 102 Å². The molecule has 1 aromatic heterocycles. The van der Waals surface area contributed by atoms with Crippen molar-refractivity contribution in [3.8, 4) is 5.75 Å². The molecular weight excluding hydrogens is 216 g/mol. The number of rotatable bonds is 4. The second-order valence-electron chi connectivity index (χ2n) is 5.29. The predicted molar refractivity (Wildman–Crippen MR) is 67.2 cm³/mol. The highest BCUT2D eigenvalue weighted by Crippen LogP contribution is 2.32. The minimum Gasteiger partial charge on any atom is -0.495 e. The Balaban J connectivity index is 3.12. The molecule has 0 aliphatic rings. The summed E-state index contributed by atoms with van der Waals surface area (Å²) in [5.74, 6) is 0.540. The van der Waals surface area contributed by atoms with Crippen molar-refractivity contribution in [3.05, 3.63) is 24.0 Å². The lowest BCUT2D eigenvalue weighted by Crippen LogP contribution is -2.51. The highest BCUT2D eigenvalue weighted by Gasteiger charge is 2.40. The van der Waals surface area contributed by atoms with Crippen molar-refractivity contribution in [2.75, 3.05) is 7.11 Å². The number of Topliss-reactive ketones (excluding diaryl/α,β-unsaturated/α-hetero) is 1. The van der Waals surface area contributed by atoms with Gasteiger partial charge in [0.15, 0.2) is 5.78 Å². The van der Waals surface area contributed by atoms with Crippen molar-refractivity contribution in [1.82, 2.24) is 4.98 Å². The second-order valence-corrected chi connectivity index (χ2v) is 5.29. The maximum absolute atomic E-state index is 12.4. The van der Waals surface area contributed by atoms with Crippen molar-refractivity contribution in [2.45, 2.75) is 33.2 Å². The SMILES string of the molecule is COc1cncc(C(=O)C(C)(C)C(C)(C)N)c1. The molecule has 1 aromatic rings. The van der Waals surface area contributed by atoms with Gasteiger partial charge in [-0.05, 0) is 19.9 Å². The quantitative estimate of drug-likeness (QED) is 0.812. The van der Waals surface area contributed by atoms with E-state index < -0.39 is 11.0 Å². The first-order valence-electron chi connectivity index (χ1n) is 5.53. The van der Waals surface area contributed by atoms with Crippen molar-refractivity contribution in [2.24, 2.45) is 11.1 Å². The summed E-state index contributed by atoms with van der Waals surface area (Å²) in [6, 6.07) is 1.68. The lowest BCUT2D eigenvalue weighted by molar-refractivity contribution is 0.0734. The fourth-order valence-electron chi connectivity index (χ4n) is 1.31. The van der Waals surface area contributed by atoms with E-state index in [0.717, 1.165) is 0 Å². The molecule has 0 aliphatic carbocycles. The number of methoxy groups -OCH3 is 1. The van der Waals surface area contributed by atoms with Crippen LogP contribution in [0.5, 0.6) is 5.75 Å². The third-order valence-electron chi connectivity index (χ3n) is 3.39. The number of carbonyl (C=O) groups excluding carboxylic acids is 1. The highest BCUT2D eigenvalue weighted by molar-refractivity contribution is 6.00. The molecule has 0 bridgehead atoms. The number of carbonyl (C=O) groups is 1. The lowest BCUT2D eigenvalue weighted by atomic mass is 9.70. The first-order valence-corrected chi connectivity index (χ1v) is 5.53. The van der Waals surface area contributed by atoms with Crippen LogP contribution < -0.4 is 10.5 Å². The van der Waals surface area contributed by atoms with Gasteiger partial charge in [0.1, 0.15) is 5.75 Å². The predicted octanol–water partition coefficient (Wildman–Crippen LogP) is 2.04. The summed E-state index contributed by atoms with van der Waals surface area (Å²) in [6.07, 6.45) is 3.11. The third kappa shape index (κ3) is 2.64. The van der Waals surface area contributed by atoms with Gasteiger partial charge in [0.2, 0.25) is 0 Å². The number of aromatic nitrogens is 1. The average Bonchev–Trinajstić information content (AvgIpc) is 2.26. The zero-order valence-corrected chi connectivity index (χ0v) is 11.1. The number of ketones is 1. The van der Waals surface area contributed by atoms with Gasteiger partial charge in [-0.1, -0.05) is 13.8 Å². The van der Waals surface area contributed by atoms with Gasteiger partial charge in [-0.3, -0.25) is 9.78 Å². The van der Waals surface area contributed by atoms with Gasteiger partial charge >= 0.3 is 0 Å². The van der Waals surface area contributed by atoms with Gasteiger partial charge in [-0.25, -0.2) is 0 Å². The Morgan fingerprint density at radius 2 is 1.88 bits per heavy atom. The molecule has 4 nitrogen and oxygen atoms in total. The number of pyridine rings is 1. The Morgan fingerprint density at radius 1 is 1.29 bits per heavy atom. The second kappa shape index (κ2) is 4.45. The molecule has 0 amide bonds. The number of nitrogens with two attached hydrogens (primary N) is 1. The molecular formula is C13H20N2O2. The number of ether oxygens (including phenoxy) is 1. The molecule has 0 fully saturated rings. The van der Waals surface area contributed by atoms with Crippen LogP contribution in [0.25, 0.3) is 0 Å². The van der Waals surface area contributed by atoms with Gasteiger partial charge in [-0.2, -0.15) is 0 Å². The fraction of sp³-hybridized carbons (Fsp3) is 0.538. The normalized spacial score (nSPS) is 12.4. The first-order chi connectivity index (χ1) is 7.70. The molecule has 0 aromatic carbocycles. The van der Waals surface area contributed by atoms with E-state index in [1.165, 1.54) is 0 Å². The monoisotopic (exact) mass is 236 g/mol. The Kier molecular flexibility index (Phi) is 3.57. The van der Waals surface area contributed by atoms with E-state index in [0.29, 0.717) is 11.3 Å². The van der Waals surface area contributed by atoms with Crippen LogP contribution >= 0.6 is 0 Å². The van der Waals surface area contributed by atoms with Gasteiger partial charge in [0.05, 0.1) is 13.3 Å². The van der Waals surface area contributed by atoms with E-state index >= 15 is 0 Å². The molecule has 1 heterocycles. The van der Waals surface area contributed by atoms with E-state index in [1.807, 2.05) is 27.7 Å². The minimum atomic E-state index is -0.666. The summed E-state index contributed by atoms with van der Waals surface area (Å²) in [5.41, 5.74) is 5.30. The summed E-state index contributed by atoms with van der Waals surface area (Å²) in [7, 11) is 1.54. The molecule has 94 valence electrons. The lowest BCUT2D eigenvalue weighted by Gasteiger charge is -2.37. The number of nitrogens with zero attached hydrogens (tertiary/aromatic N) is 1. The highest BCUT2D eigenvalue weighted by atomic mass is 16.5. The summed E-state index contributed by atoms with van der Waals surface area (Å²) >= 11 is 0. The molecule has 1 rings (SSSR count). The van der Waals surface area contributed by atoms with Gasteiger partial charge in [0, 0.05) is 22.7 Å². The molecule has 17 heavy (non-hydrogen) atoms. The van der Waals surface area contributed by atoms with Crippen molar-refractivity contribution in [1.29, 1.82) is 0 Å². The van der Waals surface area contributed by atoms with Crippen LogP contribution in [-0.4, -0.2) is 23.4 Å². The summed E-state index contributed by atoms with van der Waals surface area (Å²) in [6.45, 7) is 7.38. The Hall–Kier alpha value is -1.42. The summed E-state index contributed by atoms with van der Waals surface area (Å²) < 4.78 is 5.06. The number of hydrogen-bond acceptors (Lipinski definition) is 4. The van der Waals surface area contributed by atoms with Crippen molar-refractivity contribution < 1.29 is 9.53 Å². The molecule has 4 heteroatoms. The van der Waals surface area contributed by atoms with Crippen LogP contribution in [0.15, 0.2) is 18.5 Å². The zero-order valence-electron chi connectivity index (χ0n) is 11.1. The standard InChI is InChI=1S/C13H20N2O2/c1-12(2,13(3,4)14)11(16)9-6-10(17-5)8-15-7-9/h6-8H,14H2,1-5H3. The molecule has 0 spiro atoms. The van der Waals surface area contributed by atoms with Crippen molar-refractivity contribution >= 4 is 5.78 Å².